The van der Waals surface area contributed by atoms with Gasteiger partial charge < -0.3 is 25.0 Å². The van der Waals surface area contributed by atoms with Crippen LogP contribution in [0.15, 0.2) is 29.3 Å². The molecule has 2 N–H and O–H groups in total. The average molecular weight is 530 g/mol. The number of benzene rings is 1. The average Bonchev–Trinajstić information content (AvgIpc) is 3.26. The number of likely N-dealkylation sites (tertiary alicyclic amines) is 1. The number of hydrogen-bond acceptors (Lipinski definition) is 4. The van der Waals surface area contributed by atoms with Crippen LogP contribution < -0.4 is 15.4 Å². The normalized spacial score (nSPS) is 19.0. The lowest BCUT2D eigenvalue weighted by Crippen LogP contribution is -2.51. The zero-order valence-corrected chi connectivity index (χ0v) is 20.6. The van der Waals surface area contributed by atoms with Gasteiger partial charge in [-0.2, -0.15) is 0 Å². The molecule has 1 aliphatic carbocycles. The first-order chi connectivity index (χ1) is 14.1. The summed E-state index contributed by atoms with van der Waals surface area (Å²) in [5, 5.41) is 7.11. The van der Waals surface area contributed by atoms with Crippen LogP contribution in [0.25, 0.3) is 0 Å². The number of methoxy groups -OCH3 is 2. The maximum absolute atomic E-state index is 11.7. The van der Waals surface area contributed by atoms with E-state index in [4.69, 9.17) is 9.47 Å². The molecule has 1 aromatic carbocycles. The molecule has 0 aromatic heterocycles. The van der Waals surface area contributed by atoms with Crippen LogP contribution in [0.1, 0.15) is 44.1 Å². The molecule has 1 saturated carbocycles. The van der Waals surface area contributed by atoms with Gasteiger partial charge >= 0.3 is 6.09 Å². The molecule has 1 aliphatic heterocycles. The lowest BCUT2D eigenvalue weighted by Gasteiger charge is -2.34. The van der Waals surface area contributed by atoms with Crippen LogP contribution in [-0.4, -0.2) is 63.9 Å². The Kier molecular flexibility index (Phi) is 9.51. The van der Waals surface area contributed by atoms with Crippen LogP contribution in [-0.2, 0) is 10.2 Å². The minimum atomic E-state index is -0.243. The minimum absolute atomic E-state index is 0. The van der Waals surface area contributed by atoms with Crippen molar-refractivity contribution in [1.29, 1.82) is 0 Å². The number of amides is 1. The number of piperidine rings is 1. The van der Waals surface area contributed by atoms with Gasteiger partial charge in [0.1, 0.15) is 5.75 Å². The van der Waals surface area contributed by atoms with Crippen molar-refractivity contribution in [1.82, 2.24) is 15.5 Å². The van der Waals surface area contributed by atoms with Gasteiger partial charge in [-0.15, -0.1) is 24.0 Å². The highest BCUT2D eigenvalue weighted by Gasteiger charge is 2.36. The number of carbonyl (C=O) groups excluding carboxylic acids is 1. The Morgan fingerprint density at radius 3 is 2.53 bits per heavy atom. The number of guanidine groups is 1. The van der Waals surface area contributed by atoms with E-state index in [1.54, 1.807) is 12.0 Å². The third kappa shape index (κ3) is 5.92. The first kappa shape index (κ1) is 24.6. The highest BCUT2D eigenvalue weighted by molar-refractivity contribution is 14.0. The second-order valence-corrected chi connectivity index (χ2v) is 8.02. The maximum atomic E-state index is 11.7. The van der Waals surface area contributed by atoms with Gasteiger partial charge in [-0.05, 0) is 43.4 Å². The molecule has 2 aliphatic rings. The fourth-order valence-electron chi connectivity index (χ4n) is 4.55. The molecule has 0 radical (unpaired) electrons. The molecule has 0 atom stereocenters. The Morgan fingerprint density at radius 2 is 1.93 bits per heavy atom. The molecule has 3 rings (SSSR count). The van der Waals surface area contributed by atoms with Crippen LogP contribution in [0.4, 0.5) is 4.79 Å². The number of aliphatic imine (C=N–C) groups is 1. The molecule has 1 amide bonds. The van der Waals surface area contributed by atoms with Crippen molar-refractivity contribution >= 4 is 36.0 Å². The van der Waals surface area contributed by atoms with E-state index < -0.39 is 0 Å². The molecule has 168 valence electrons. The summed E-state index contributed by atoms with van der Waals surface area (Å²) in [6, 6.07) is 8.77. The van der Waals surface area contributed by atoms with Crippen molar-refractivity contribution in [3.8, 4) is 5.75 Å². The van der Waals surface area contributed by atoms with E-state index in [1.807, 2.05) is 13.1 Å². The van der Waals surface area contributed by atoms with Crippen molar-refractivity contribution in [2.75, 3.05) is 40.9 Å². The lowest BCUT2D eigenvalue weighted by atomic mass is 9.78. The van der Waals surface area contributed by atoms with E-state index in [1.165, 1.54) is 38.4 Å². The summed E-state index contributed by atoms with van der Waals surface area (Å²) in [6.07, 6.45) is 6.36. The fourth-order valence-corrected chi connectivity index (χ4v) is 4.55. The molecular weight excluding hydrogens is 495 g/mol. The van der Waals surface area contributed by atoms with E-state index >= 15 is 0 Å². The summed E-state index contributed by atoms with van der Waals surface area (Å²) in [7, 11) is 4.96. The highest BCUT2D eigenvalue weighted by atomic mass is 127. The molecule has 1 heterocycles. The first-order valence-corrected chi connectivity index (χ1v) is 10.5. The van der Waals surface area contributed by atoms with Crippen molar-refractivity contribution < 1.29 is 14.3 Å². The summed E-state index contributed by atoms with van der Waals surface area (Å²) < 4.78 is 10.3. The number of nitrogens with one attached hydrogen (secondary N) is 2. The van der Waals surface area contributed by atoms with Gasteiger partial charge in [0.15, 0.2) is 5.96 Å². The Bertz CT molecular complexity index is 714. The smallest absolute Gasteiger partial charge is 0.409 e. The van der Waals surface area contributed by atoms with Crippen molar-refractivity contribution in [3.63, 3.8) is 0 Å². The van der Waals surface area contributed by atoms with Gasteiger partial charge in [0, 0.05) is 38.1 Å². The van der Waals surface area contributed by atoms with Crippen LogP contribution in [0.2, 0.25) is 0 Å². The first-order valence-electron chi connectivity index (χ1n) is 10.5. The van der Waals surface area contributed by atoms with E-state index in [2.05, 4.69) is 33.8 Å². The van der Waals surface area contributed by atoms with Gasteiger partial charge in [-0.3, -0.25) is 4.99 Å². The lowest BCUT2D eigenvalue weighted by molar-refractivity contribution is 0.111. The van der Waals surface area contributed by atoms with Crippen LogP contribution in [0, 0.1) is 0 Å². The van der Waals surface area contributed by atoms with E-state index in [-0.39, 0.29) is 35.5 Å². The zero-order valence-electron chi connectivity index (χ0n) is 18.3. The van der Waals surface area contributed by atoms with Crippen molar-refractivity contribution in [3.05, 3.63) is 29.8 Å². The van der Waals surface area contributed by atoms with Crippen molar-refractivity contribution in [2.24, 2.45) is 4.99 Å². The monoisotopic (exact) mass is 530 g/mol. The third-order valence-corrected chi connectivity index (χ3v) is 6.33. The van der Waals surface area contributed by atoms with Gasteiger partial charge in [0.05, 0.1) is 14.2 Å². The number of nitrogens with zero attached hydrogens (tertiary/aromatic N) is 2. The SMILES string of the molecule is CN=C(NCC1(c2cccc(OC)c2)CCCC1)NC1CCN(C(=O)OC)CC1.I. The van der Waals surface area contributed by atoms with Crippen molar-refractivity contribution in [2.45, 2.75) is 50.0 Å². The Morgan fingerprint density at radius 1 is 1.23 bits per heavy atom. The quantitative estimate of drug-likeness (QED) is 0.346. The highest BCUT2D eigenvalue weighted by Crippen LogP contribution is 2.41. The topological polar surface area (TPSA) is 75.2 Å². The molecule has 0 bridgehead atoms. The Hall–Kier alpha value is -1.71. The molecule has 7 nitrogen and oxygen atoms in total. The third-order valence-electron chi connectivity index (χ3n) is 6.33. The molecule has 1 saturated heterocycles. The number of hydrogen-bond donors (Lipinski definition) is 2. The Labute approximate surface area is 197 Å². The minimum Gasteiger partial charge on any atom is -0.497 e. The predicted octanol–water partition coefficient (Wildman–Crippen LogP) is 3.52. The van der Waals surface area contributed by atoms with E-state index in [0.717, 1.165) is 31.1 Å². The number of carbonyl (C=O) groups is 1. The van der Waals surface area contributed by atoms with Gasteiger partial charge in [-0.25, -0.2) is 4.79 Å². The Balaban J connectivity index is 0.00000320. The molecule has 2 fully saturated rings. The predicted molar refractivity (Wildman–Crippen MR) is 130 cm³/mol. The summed E-state index contributed by atoms with van der Waals surface area (Å²) in [4.78, 5) is 17.8. The van der Waals surface area contributed by atoms with Crippen LogP contribution in [0.5, 0.6) is 5.75 Å². The van der Waals surface area contributed by atoms with Gasteiger partial charge in [0.2, 0.25) is 0 Å². The molecule has 1 aromatic rings. The van der Waals surface area contributed by atoms with Crippen LogP contribution >= 0.6 is 24.0 Å². The second kappa shape index (κ2) is 11.6. The zero-order chi connectivity index (χ0) is 20.7. The summed E-state index contributed by atoms with van der Waals surface area (Å²) in [5.74, 6) is 1.74. The van der Waals surface area contributed by atoms with Crippen LogP contribution in [0.3, 0.4) is 0 Å². The summed E-state index contributed by atoms with van der Waals surface area (Å²) >= 11 is 0. The summed E-state index contributed by atoms with van der Waals surface area (Å²) in [5.41, 5.74) is 1.45. The summed E-state index contributed by atoms with van der Waals surface area (Å²) in [6.45, 7) is 2.25. The maximum Gasteiger partial charge on any atom is 0.409 e. The molecule has 0 spiro atoms. The number of ether oxygens (including phenoxy) is 2. The number of rotatable bonds is 5. The number of halogens is 1. The standard InChI is InChI=1S/C22H34N4O3.HI/c1-23-20(25-18-9-13-26(14-10-18)21(27)29-3)24-16-22(11-4-5-12-22)17-7-6-8-19(15-17)28-2;/h6-8,15,18H,4-5,9-14,16H2,1-3H3,(H2,23,24,25);1H. The molecule has 30 heavy (non-hydrogen) atoms. The molecular formula is C22H35IN4O3. The van der Waals surface area contributed by atoms with Gasteiger partial charge in [0.25, 0.3) is 0 Å². The largest absolute Gasteiger partial charge is 0.497 e. The second-order valence-electron chi connectivity index (χ2n) is 8.02. The van der Waals surface area contributed by atoms with Gasteiger partial charge in [-0.1, -0.05) is 25.0 Å². The van der Waals surface area contributed by atoms with E-state index in [0.29, 0.717) is 19.1 Å². The fraction of sp³-hybridized carbons (Fsp3) is 0.636. The molecule has 8 heteroatoms. The molecule has 0 unspecified atom stereocenters. The van der Waals surface area contributed by atoms with E-state index in [9.17, 15) is 4.79 Å².